The molecule has 1 aliphatic carbocycles. The number of sulfonamides is 1. The zero-order chi connectivity index (χ0) is 32.5. The van der Waals surface area contributed by atoms with Crippen LogP contribution in [0.1, 0.15) is 80.9 Å². The minimum atomic E-state index is -3.71. The first kappa shape index (κ1) is 34.9. The molecule has 1 amide bonds. The van der Waals surface area contributed by atoms with Gasteiger partial charge in [0.25, 0.3) is 0 Å². The van der Waals surface area contributed by atoms with Crippen LogP contribution in [0.2, 0.25) is 0 Å². The monoisotopic (exact) mass is 653 g/mol. The van der Waals surface area contributed by atoms with E-state index in [0.717, 1.165) is 44.4 Å². The van der Waals surface area contributed by atoms with Gasteiger partial charge in [-0.15, -0.1) is 0 Å². The van der Waals surface area contributed by atoms with Crippen LogP contribution in [0.4, 0.5) is 0 Å². The molecule has 1 N–H and O–H groups in total. The zero-order valence-electron chi connectivity index (χ0n) is 28.2. The molecule has 254 valence electrons. The zero-order valence-corrected chi connectivity index (χ0v) is 29.0. The van der Waals surface area contributed by atoms with Crippen LogP contribution in [0.15, 0.2) is 47.4 Å². The topological polar surface area (TPSA) is 88.2 Å². The standard InChI is InChI=1S/C37H55N3O5S/c1-28-23-34(44-3)24-29(2)37(28)46(42,43)40-22-8-7-13-33(40)26-45-27-36(41)38-25-31-14-17-32(18-15-31)35(39-20-9-10-21-39)19-16-30-11-5-4-6-12-30/h4-6,11-12,23-24,31-33,35H,7-10,13-22,25-27H2,1-3H3,(H,38,41). The largest absolute Gasteiger partial charge is 0.497 e. The number of hydrogen-bond acceptors (Lipinski definition) is 6. The Labute approximate surface area is 277 Å². The number of hydrogen-bond donors (Lipinski definition) is 1. The first-order valence-electron chi connectivity index (χ1n) is 17.6. The SMILES string of the molecule is COc1cc(C)c(S(=O)(=O)N2CCCCC2COCC(=O)NCC2CCC(C(CCc3ccccc3)N3CCCC3)CC2)c(C)c1. The molecule has 1 saturated carbocycles. The number of nitrogens with zero attached hydrogens (tertiary/aromatic N) is 2. The summed E-state index contributed by atoms with van der Waals surface area (Å²) in [5, 5.41) is 3.11. The molecule has 9 heteroatoms. The maximum absolute atomic E-state index is 13.8. The molecule has 2 aromatic rings. The van der Waals surface area contributed by atoms with Crippen molar-refractivity contribution >= 4 is 15.9 Å². The van der Waals surface area contributed by atoms with Gasteiger partial charge >= 0.3 is 0 Å². The van der Waals surface area contributed by atoms with Gasteiger partial charge in [-0.3, -0.25) is 4.79 Å². The Kier molecular flexibility index (Phi) is 12.6. The van der Waals surface area contributed by atoms with Crippen LogP contribution < -0.4 is 10.1 Å². The van der Waals surface area contributed by atoms with Crippen LogP contribution in [0.3, 0.4) is 0 Å². The molecule has 0 radical (unpaired) electrons. The summed E-state index contributed by atoms with van der Waals surface area (Å²) in [6, 6.07) is 14.8. The smallest absolute Gasteiger partial charge is 0.246 e. The molecule has 5 rings (SSSR count). The van der Waals surface area contributed by atoms with E-state index < -0.39 is 10.0 Å². The fourth-order valence-electron chi connectivity index (χ4n) is 8.13. The van der Waals surface area contributed by atoms with E-state index in [1.165, 1.54) is 50.8 Å². The van der Waals surface area contributed by atoms with Crippen LogP contribution in [-0.4, -0.2) is 82.1 Å². The van der Waals surface area contributed by atoms with Gasteiger partial charge in [-0.25, -0.2) is 8.42 Å². The number of likely N-dealkylation sites (tertiary alicyclic amines) is 1. The number of carbonyl (C=O) groups is 1. The summed E-state index contributed by atoms with van der Waals surface area (Å²) in [4.78, 5) is 15.9. The van der Waals surface area contributed by atoms with Crippen molar-refractivity contribution in [2.45, 2.75) is 101 Å². The average Bonchev–Trinajstić information content (AvgIpc) is 3.59. The molecule has 0 spiro atoms. The summed E-state index contributed by atoms with van der Waals surface area (Å²) < 4.78 is 40.4. The lowest BCUT2D eigenvalue weighted by Crippen LogP contribution is -2.46. The Bertz CT molecular complexity index is 1350. The number of carbonyl (C=O) groups excluding carboxylic acids is 1. The van der Waals surface area contributed by atoms with Crippen LogP contribution in [0, 0.1) is 25.7 Å². The van der Waals surface area contributed by atoms with Crippen LogP contribution >= 0.6 is 0 Å². The third-order valence-corrected chi connectivity index (χ3v) is 12.8. The molecule has 8 nitrogen and oxygen atoms in total. The highest BCUT2D eigenvalue weighted by atomic mass is 32.2. The number of methoxy groups -OCH3 is 1. The van der Waals surface area contributed by atoms with E-state index >= 15 is 0 Å². The molecule has 46 heavy (non-hydrogen) atoms. The highest BCUT2D eigenvalue weighted by molar-refractivity contribution is 7.89. The van der Waals surface area contributed by atoms with Gasteiger partial charge in [-0.2, -0.15) is 4.31 Å². The summed E-state index contributed by atoms with van der Waals surface area (Å²) >= 11 is 0. The molecule has 2 heterocycles. The van der Waals surface area contributed by atoms with Gasteiger partial charge in [0.05, 0.1) is 18.6 Å². The van der Waals surface area contributed by atoms with Gasteiger partial charge in [0, 0.05) is 25.2 Å². The number of amides is 1. The van der Waals surface area contributed by atoms with E-state index in [4.69, 9.17) is 9.47 Å². The Morgan fingerprint density at radius 3 is 2.28 bits per heavy atom. The molecule has 2 unspecified atom stereocenters. The lowest BCUT2D eigenvalue weighted by Gasteiger charge is -2.39. The van der Waals surface area contributed by atoms with Crippen molar-refractivity contribution in [2.24, 2.45) is 11.8 Å². The second-order valence-electron chi connectivity index (χ2n) is 13.8. The molecule has 0 bridgehead atoms. The fourth-order valence-corrected chi connectivity index (χ4v) is 10.2. The summed E-state index contributed by atoms with van der Waals surface area (Å²) in [5.74, 6) is 1.77. The van der Waals surface area contributed by atoms with Crippen molar-refractivity contribution in [3.8, 4) is 5.75 Å². The van der Waals surface area contributed by atoms with Crippen molar-refractivity contribution in [3.05, 3.63) is 59.2 Å². The molecule has 2 aromatic carbocycles. The number of piperidine rings is 1. The number of rotatable bonds is 14. The Balaban J connectivity index is 1.06. The van der Waals surface area contributed by atoms with E-state index in [9.17, 15) is 13.2 Å². The first-order valence-corrected chi connectivity index (χ1v) is 19.0. The number of nitrogens with one attached hydrogen (secondary N) is 1. The summed E-state index contributed by atoms with van der Waals surface area (Å²) in [6.45, 7) is 7.42. The second kappa shape index (κ2) is 16.6. The predicted octanol–water partition coefficient (Wildman–Crippen LogP) is 5.89. The molecular formula is C37H55N3O5S. The lowest BCUT2D eigenvalue weighted by atomic mass is 9.76. The van der Waals surface area contributed by atoms with Crippen LogP contribution in [0.5, 0.6) is 5.75 Å². The van der Waals surface area contributed by atoms with Crippen molar-refractivity contribution in [1.29, 1.82) is 0 Å². The minimum absolute atomic E-state index is 0.0448. The van der Waals surface area contributed by atoms with Gasteiger partial charge in [0.1, 0.15) is 12.4 Å². The maximum Gasteiger partial charge on any atom is 0.246 e. The summed E-state index contributed by atoms with van der Waals surface area (Å²) in [5.41, 5.74) is 2.79. The number of ether oxygens (including phenoxy) is 2. The normalized spacial score (nSPS) is 23.7. The van der Waals surface area contributed by atoms with Crippen molar-refractivity contribution in [1.82, 2.24) is 14.5 Å². The molecular weight excluding hydrogens is 598 g/mol. The Morgan fingerprint density at radius 1 is 0.935 bits per heavy atom. The third-order valence-electron chi connectivity index (χ3n) is 10.6. The minimum Gasteiger partial charge on any atom is -0.497 e. The predicted molar refractivity (Wildman–Crippen MR) is 183 cm³/mol. The van der Waals surface area contributed by atoms with Gasteiger partial charge < -0.3 is 19.7 Å². The van der Waals surface area contributed by atoms with Gasteiger partial charge in [-0.05, 0) is 132 Å². The molecule has 3 aliphatic rings. The van der Waals surface area contributed by atoms with Crippen molar-refractivity contribution in [2.75, 3.05) is 46.5 Å². The van der Waals surface area contributed by atoms with Crippen LogP contribution in [-0.2, 0) is 26.0 Å². The van der Waals surface area contributed by atoms with Crippen molar-refractivity contribution in [3.63, 3.8) is 0 Å². The average molecular weight is 654 g/mol. The molecule has 3 fully saturated rings. The van der Waals surface area contributed by atoms with E-state index in [1.807, 2.05) is 13.8 Å². The quantitative estimate of drug-likeness (QED) is 0.274. The second-order valence-corrected chi connectivity index (χ2v) is 15.6. The van der Waals surface area contributed by atoms with Crippen LogP contribution in [0.25, 0.3) is 0 Å². The Morgan fingerprint density at radius 2 is 1.61 bits per heavy atom. The molecule has 2 saturated heterocycles. The van der Waals surface area contributed by atoms with E-state index in [2.05, 4.69) is 40.5 Å². The van der Waals surface area contributed by atoms with E-state index in [1.54, 1.807) is 23.5 Å². The molecule has 0 aromatic heterocycles. The molecule has 2 atom stereocenters. The van der Waals surface area contributed by atoms with E-state index in [-0.39, 0.29) is 25.2 Å². The van der Waals surface area contributed by atoms with Gasteiger partial charge in [0.2, 0.25) is 15.9 Å². The maximum atomic E-state index is 13.8. The van der Waals surface area contributed by atoms with Gasteiger partial charge in [0.15, 0.2) is 0 Å². The Hall–Kier alpha value is -2.46. The molecule has 2 aliphatic heterocycles. The first-order chi connectivity index (χ1) is 22.3. The summed E-state index contributed by atoms with van der Waals surface area (Å²) in [7, 11) is -2.13. The lowest BCUT2D eigenvalue weighted by molar-refractivity contribution is -0.126. The van der Waals surface area contributed by atoms with Crippen molar-refractivity contribution < 1.29 is 22.7 Å². The third kappa shape index (κ3) is 8.91. The highest BCUT2D eigenvalue weighted by Gasteiger charge is 2.36. The van der Waals surface area contributed by atoms with E-state index in [0.29, 0.717) is 46.8 Å². The highest BCUT2D eigenvalue weighted by Crippen LogP contribution is 2.36. The summed E-state index contributed by atoms with van der Waals surface area (Å²) in [6.07, 6.45) is 12.3. The van der Waals surface area contributed by atoms with Gasteiger partial charge in [-0.1, -0.05) is 36.8 Å². The number of benzene rings is 2. The number of aryl methyl sites for hydroxylation is 3. The fraction of sp³-hybridized carbons (Fsp3) is 0.649.